The first-order valence-electron chi connectivity index (χ1n) is 6.78. The second kappa shape index (κ2) is 6.24. The predicted octanol–water partition coefficient (Wildman–Crippen LogP) is 3.03. The number of alkyl halides is 1. The molecule has 1 saturated heterocycles. The van der Waals surface area contributed by atoms with Crippen LogP contribution in [0.3, 0.4) is 0 Å². The van der Waals surface area contributed by atoms with Crippen molar-refractivity contribution in [1.29, 1.82) is 0 Å². The Hall–Kier alpha value is -1.29. The third-order valence-electron chi connectivity index (χ3n) is 3.64. The van der Waals surface area contributed by atoms with Crippen LogP contribution in [-0.4, -0.2) is 26.8 Å². The normalized spacial score (nSPS) is 20.3. The molecule has 1 fully saturated rings. The van der Waals surface area contributed by atoms with Gasteiger partial charge in [0.2, 0.25) is 0 Å². The third-order valence-corrected chi connectivity index (χ3v) is 3.64. The molecule has 1 aromatic carbocycles. The molecular formula is C15H22FNO2. The van der Waals surface area contributed by atoms with Crippen molar-refractivity contribution >= 4 is 0 Å². The Balaban J connectivity index is 2.30. The number of methoxy groups -OCH3 is 2. The molecule has 19 heavy (non-hydrogen) atoms. The average Bonchev–Trinajstić information content (AvgIpc) is 2.90. The van der Waals surface area contributed by atoms with Gasteiger partial charge in [0.15, 0.2) is 11.5 Å². The minimum absolute atomic E-state index is 0.487. The lowest BCUT2D eigenvalue weighted by Gasteiger charge is -2.17. The van der Waals surface area contributed by atoms with Crippen LogP contribution < -0.4 is 14.8 Å². The van der Waals surface area contributed by atoms with Gasteiger partial charge < -0.3 is 14.8 Å². The first-order valence-corrected chi connectivity index (χ1v) is 6.78. The highest BCUT2D eigenvalue weighted by Gasteiger charge is 2.20. The van der Waals surface area contributed by atoms with Gasteiger partial charge in [-0.3, -0.25) is 0 Å². The van der Waals surface area contributed by atoms with Crippen molar-refractivity contribution in [3.63, 3.8) is 0 Å². The molecule has 1 heterocycles. The van der Waals surface area contributed by atoms with E-state index in [9.17, 15) is 4.39 Å². The van der Waals surface area contributed by atoms with Crippen LogP contribution >= 0.6 is 0 Å². The summed E-state index contributed by atoms with van der Waals surface area (Å²) in [4.78, 5) is 0. The van der Waals surface area contributed by atoms with E-state index in [1.807, 2.05) is 12.1 Å². The minimum atomic E-state index is -1.07. The monoisotopic (exact) mass is 267 g/mol. The molecule has 1 N–H and O–H groups in total. The van der Waals surface area contributed by atoms with E-state index in [1.54, 1.807) is 14.2 Å². The van der Waals surface area contributed by atoms with Gasteiger partial charge in [-0.15, -0.1) is 0 Å². The van der Waals surface area contributed by atoms with Crippen LogP contribution in [0.1, 0.15) is 37.1 Å². The summed E-state index contributed by atoms with van der Waals surface area (Å²) < 4.78 is 24.3. The van der Waals surface area contributed by atoms with Crippen molar-refractivity contribution in [3.8, 4) is 11.5 Å². The molecule has 1 aliphatic rings. The average molecular weight is 267 g/mol. The molecule has 1 aliphatic heterocycles. The molecule has 1 aromatic rings. The molecule has 0 bridgehead atoms. The molecule has 0 aromatic heterocycles. The number of nitrogens with one attached hydrogen (secondary N) is 1. The Morgan fingerprint density at radius 2 is 2.16 bits per heavy atom. The topological polar surface area (TPSA) is 30.5 Å². The van der Waals surface area contributed by atoms with Gasteiger partial charge in [0.25, 0.3) is 0 Å². The van der Waals surface area contributed by atoms with Crippen LogP contribution in [0.25, 0.3) is 0 Å². The van der Waals surface area contributed by atoms with Crippen LogP contribution in [0.15, 0.2) is 12.1 Å². The molecule has 3 nitrogen and oxygen atoms in total. The second-order valence-corrected chi connectivity index (χ2v) is 5.03. The lowest BCUT2D eigenvalue weighted by atomic mass is 9.99. The Morgan fingerprint density at radius 3 is 2.68 bits per heavy atom. The zero-order valence-corrected chi connectivity index (χ0v) is 11.8. The molecule has 0 radical (unpaired) electrons. The van der Waals surface area contributed by atoms with Crippen molar-refractivity contribution in [1.82, 2.24) is 5.32 Å². The van der Waals surface area contributed by atoms with Gasteiger partial charge in [0.1, 0.15) is 6.17 Å². The highest BCUT2D eigenvalue weighted by Crippen LogP contribution is 2.37. The zero-order chi connectivity index (χ0) is 13.8. The van der Waals surface area contributed by atoms with Gasteiger partial charge in [-0.25, -0.2) is 4.39 Å². The summed E-state index contributed by atoms with van der Waals surface area (Å²) in [6.45, 7) is 2.60. The molecule has 0 aliphatic carbocycles. The SMILES string of the molecule is COc1cc(CC2CCCN2)cc(C(C)F)c1OC. The van der Waals surface area contributed by atoms with Crippen LogP contribution in [0.5, 0.6) is 11.5 Å². The van der Waals surface area contributed by atoms with Gasteiger partial charge in [0.05, 0.1) is 14.2 Å². The lowest BCUT2D eigenvalue weighted by molar-refractivity contribution is 0.323. The highest BCUT2D eigenvalue weighted by molar-refractivity contribution is 5.50. The van der Waals surface area contributed by atoms with E-state index in [2.05, 4.69) is 5.32 Å². The van der Waals surface area contributed by atoms with Crippen molar-refractivity contribution in [2.24, 2.45) is 0 Å². The summed E-state index contributed by atoms with van der Waals surface area (Å²) in [6, 6.07) is 4.33. The first-order chi connectivity index (χ1) is 9.15. The third kappa shape index (κ3) is 3.18. The summed E-state index contributed by atoms with van der Waals surface area (Å²) in [6.07, 6.45) is 2.22. The van der Waals surface area contributed by atoms with E-state index in [4.69, 9.17) is 9.47 Å². The predicted molar refractivity (Wildman–Crippen MR) is 73.8 cm³/mol. The first kappa shape index (κ1) is 14.1. The fourth-order valence-electron chi connectivity index (χ4n) is 2.68. The maximum atomic E-state index is 13.7. The van der Waals surface area contributed by atoms with E-state index < -0.39 is 6.17 Å². The van der Waals surface area contributed by atoms with E-state index >= 15 is 0 Å². The van der Waals surface area contributed by atoms with E-state index in [0.717, 1.165) is 18.5 Å². The lowest BCUT2D eigenvalue weighted by Crippen LogP contribution is -2.23. The summed E-state index contributed by atoms with van der Waals surface area (Å²) in [5, 5.41) is 3.45. The van der Waals surface area contributed by atoms with Crippen molar-refractivity contribution < 1.29 is 13.9 Å². The van der Waals surface area contributed by atoms with Gasteiger partial charge in [-0.2, -0.15) is 0 Å². The Kier molecular flexibility index (Phi) is 4.64. The quantitative estimate of drug-likeness (QED) is 0.889. The number of halogens is 1. The number of benzene rings is 1. The molecular weight excluding hydrogens is 245 g/mol. The molecule has 2 unspecified atom stereocenters. The Morgan fingerprint density at radius 1 is 1.37 bits per heavy atom. The van der Waals surface area contributed by atoms with Crippen LogP contribution in [0.2, 0.25) is 0 Å². The largest absolute Gasteiger partial charge is 0.493 e. The van der Waals surface area contributed by atoms with Crippen LogP contribution in [0.4, 0.5) is 4.39 Å². The van der Waals surface area contributed by atoms with Crippen LogP contribution in [0, 0.1) is 0 Å². The van der Waals surface area contributed by atoms with Crippen molar-refractivity contribution in [2.75, 3.05) is 20.8 Å². The maximum absolute atomic E-state index is 13.7. The standard InChI is InChI=1S/C15H22FNO2/c1-10(16)13-8-11(7-12-5-4-6-17-12)9-14(18-2)15(13)19-3/h8-10,12,17H,4-7H2,1-3H3. The number of rotatable bonds is 5. The highest BCUT2D eigenvalue weighted by atomic mass is 19.1. The van der Waals surface area contributed by atoms with Gasteiger partial charge in [-0.1, -0.05) is 0 Å². The Labute approximate surface area is 114 Å². The molecule has 106 valence electrons. The number of ether oxygens (including phenoxy) is 2. The van der Waals surface area contributed by atoms with E-state index in [-0.39, 0.29) is 0 Å². The summed E-state index contributed by atoms with van der Waals surface area (Å²) in [5.74, 6) is 1.11. The summed E-state index contributed by atoms with van der Waals surface area (Å²) in [5.41, 5.74) is 1.66. The van der Waals surface area contributed by atoms with Crippen molar-refractivity contribution in [2.45, 2.75) is 38.4 Å². The molecule has 0 spiro atoms. The van der Waals surface area contributed by atoms with Gasteiger partial charge >= 0.3 is 0 Å². The van der Waals surface area contributed by atoms with Gasteiger partial charge in [0, 0.05) is 11.6 Å². The molecule has 0 amide bonds. The fraction of sp³-hybridized carbons (Fsp3) is 0.600. The molecule has 2 rings (SSSR count). The molecule has 0 saturated carbocycles. The zero-order valence-electron chi connectivity index (χ0n) is 11.8. The van der Waals surface area contributed by atoms with Crippen LogP contribution in [-0.2, 0) is 6.42 Å². The maximum Gasteiger partial charge on any atom is 0.166 e. The number of hydrogen-bond acceptors (Lipinski definition) is 3. The molecule has 4 heteroatoms. The van der Waals surface area contributed by atoms with E-state index in [0.29, 0.717) is 23.1 Å². The summed E-state index contributed by atoms with van der Waals surface area (Å²) in [7, 11) is 3.13. The molecule has 2 atom stereocenters. The summed E-state index contributed by atoms with van der Waals surface area (Å²) >= 11 is 0. The van der Waals surface area contributed by atoms with Crippen molar-refractivity contribution in [3.05, 3.63) is 23.3 Å². The fourth-order valence-corrected chi connectivity index (χ4v) is 2.68. The smallest absolute Gasteiger partial charge is 0.166 e. The Bertz CT molecular complexity index is 428. The minimum Gasteiger partial charge on any atom is -0.493 e. The van der Waals surface area contributed by atoms with Gasteiger partial charge in [-0.05, 0) is 50.4 Å². The number of hydrogen-bond donors (Lipinski definition) is 1. The van der Waals surface area contributed by atoms with E-state index in [1.165, 1.54) is 19.8 Å². The second-order valence-electron chi connectivity index (χ2n) is 5.03.